The summed E-state index contributed by atoms with van der Waals surface area (Å²) < 4.78 is 12.9. The Balaban J connectivity index is 0.962. The number of unbranched alkanes of at least 4 members (excludes halogenated alkanes) is 8. The van der Waals surface area contributed by atoms with Gasteiger partial charge >= 0.3 is 0 Å². The van der Waals surface area contributed by atoms with Crippen molar-refractivity contribution in [1.29, 1.82) is 0 Å². The predicted octanol–water partition coefficient (Wildman–Crippen LogP) is 9.25. The van der Waals surface area contributed by atoms with Crippen molar-refractivity contribution in [3.63, 3.8) is 0 Å². The molecule has 0 radical (unpaired) electrons. The van der Waals surface area contributed by atoms with Crippen molar-refractivity contribution in [2.45, 2.75) is 140 Å². The minimum absolute atomic E-state index is 0.365. The van der Waals surface area contributed by atoms with E-state index in [0.717, 1.165) is 0 Å². The molecule has 2 aromatic carbocycles. The van der Waals surface area contributed by atoms with Crippen molar-refractivity contribution in [3.05, 3.63) is 71.8 Å². The van der Waals surface area contributed by atoms with Crippen LogP contribution in [0.5, 0.6) is 0 Å². The third-order valence-corrected chi connectivity index (χ3v) is 8.36. The van der Waals surface area contributed by atoms with Gasteiger partial charge in [-0.05, 0) is 75.3 Å². The number of hydrogen-bond donors (Lipinski definition) is 0. The van der Waals surface area contributed by atoms with Crippen molar-refractivity contribution >= 4 is 0 Å². The fourth-order valence-electron chi connectivity index (χ4n) is 6.19. The number of ether oxygens (including phenoxy) is 2. The molecule has 198 valence electrons. The van der Waals surface area contributed by atoms with E-state index in [2.05, 4.69) is 60.7 Å². The molecule has 0 amide bonds. The van der Waals surface area contributed by atoms with Gasteiger partial charge in [-0.1, -0.05) is 112 Å². The molecule has 0 spiro atoms. The highest BCUT2D eigenvalue weighted by Crippen LogP contribution is 2.34. The summed E-state index contributed by atoms with van der Waals surface area (Å²) >= 11 is 0. The van der Waals surface area contributed by atoms with Gasteiger partial charge < -0.3 is 9.47 Å². The fraction of sp³-hybridized carbons (Fsp3) is 0.647. The Hall–Kier alpha value is -1.64. The Bertz CT molecular complexity index is 735. The third kappa shape index (κ3) is 10.0. The van der Waals surface area contributed by atoms with Gasteiger partial charge in [-0.25, -0.2) is 0 Å². The standard InChI is InChI=1S/C34H50O2/c1(3-9-17-29-19-11-7-12-20-29)5-15-23-31-25-27-33(35-31)34-28-26-32(36-34)24-16-6-2-4-10-18-30-21-13-8-14-22-30/h7-8,11-14,19-22,31-34H,1-6,9-10,15-18,23-28H2/t31-,32-,33+,34+/m0/s1. The van der Waals surface area contributed by atoms with Gasteiger partial charge in [0.15, 0.2) is 0 Å². The minimum atomic E-state index is 0.365. The van der Waals surface area contributed by atoms with Gasteiger partial charge in [-0.3, -0.25) is 0 Å². The highest BCUT2D eigenvalue weighted by Gasteiger charge is 2.36. The molecular formula is C34H50O2. The van der Waals surface area contributed by atoms with E-state index in [1.54, 1.807) is 0 Å². The average Bonchev–Trinajstić information content (AvgIpc) is 3.59. The Morgan fingerprint density at radius 1 is 0.444 bits per heavy atom. The predicted molar refractivity (Wildman–Crippen MR) is 151 cm³/mol. The first-order valence-corrected chi connectivity index (χ1v) is 15.3. The molecule has 2 aliphatic rings. The van der Waals surface area contributed by atoms with E-state index in [0.29, 0.717) is 24.4 Å². The van der Waals surface area contributed by atoms with Crippen molar-refractivity contribution in [1.82, 2.24) is 0 Å². The molecule has 0 aliphatic carbocycles. The van der Waals surface area contributed by atoms with Crippen molar-refractivity contribution in [2.24, 2.45) is 0 Å². The second kappa shape index (κ2) is 16.3. The summed E-state index contributed by atoms with van der Waals surface area (Å²) in [6, 6.07) is 21.8. The maximum absolute atomic E-state index is 6.46. The van der Waals surface area contributed by atoms with Gasteiger partial charge in [-0.2, -0.15) is 0 Å². The molecule has 0 saturated carbocycles. The van der Waals surface area contributed by atoms with E-state index >= 15 is 0 Å². The maximum Gasteiger partial charge on any atom is 0.0841 e. The molecule has 4 atom stereocenters. The first kappa shape index (κ1) is 27.4. The number of rotatable bonds is 17. The third-order valence-electron chi connectivity index (χ3n) is 8.36. The molecule has 2 fully saturated rings. The maximum atomic E-state index is 6.46. The molecule has 36 heavy (non-hydrogen) atoms. The van der Waals surface area contributed by atoms with Crippen LogP contribution in [0.2, 0.25) is 0 Å². The molecule has 2 saturated heterocycles. The average molecular weight is 491 g/mol. The van der Waals surface area contributed by atoms with Gasteiger partial charge in [-0.15, -0.1) is 0 Å². The van der Waals surface area contributed by atoms with Gasteiger partial charge in [0.1, 0.15) is 0 Å². The summed E-state index contributed by atoms with van der Waals surface area (Å²) in [5.74, 6) is 0. The van der Waals surface area contributed by atoms with E-state index in [-0.39, 0.29) is 0 Å². The molecular weight excluding hydrogens is 440 g/mol. The first-order chi connectivity index (χ1) is 17.9. The van der Waals surface area contributed by atoms with Crippen LogP contribution in [0.25, 0.3) is 0 Å². The molecule has 2 aliphatic heterocycles. The van der Waals surface area contributed by atoms with Crippen LogP contribution in [0.3, 0.4) is 0 Å². The van der Waals surface area contributed by atoms with Crippen LogP contribution in [-0.4, -0.2) is 24.4 Å². The highest BCUT2D eigenvalue weighted by molar-refractivity contribution is 5.15. The lowest BCUT2D eigenvalue weighted by atomic mass is 10.0. The Morgan fingerprint density at radius 3 is 1.28 bits per heavy atom. The van der Waals surface area contributed by atoms with Crippen LogP contribution in [-0.2, 0) is 22.3 Å². The Morgan fingerprint density at radius 2 is 0.833 bits per heavy atom. The number of aryl methyl sites for hydroxylation is 2. The van der Waals surface area contributed by atoms with Gasteiger partial charge in [0.05, 0.1) is 24.4 Å². The van der Waals surface area contributed by atoms with E-state index in [9.17, 15) is 0 Å². The largest absolute Gasteiger partial charge is 0.372 e. The van der Waals surface area contributed by atoms with Crippen molar-refractivity contribution in [3.8, 4) is 0 Å². The molecule has 0 unspecified atom stereocenters. The van der Waals surface area contributed by atoms with Crippen LogP contribution in [0.4, 0.5) is 0 Å². The van der Waals surface area contributed by atoms with Crippen LogP contribution < -0.4 is 0 Å². The van der Waals surface area contributed by atoms with E-state index < -0.39 is 0 Å². The molecule has 2 aromatic rings. The molecule has 0 bridgehead atoms. The zero-order valence-electron chi connectivity index (χ0n) is 22.6. The summed E-state index contributed by atoms with van der Waals surface area (Å²) in [7, 11) is 0. The normalized spacial score (nSPS) is 23.9. The lowest BCUT2D eigenvalue weighted by Crippen LogP contribution is -2.27. The summed E-state index contributed by atoms with van der Waals surface area (Å²) in [4.78, 5) is 0. The van der Waals surface area contributed by atoms with E-state index in [1.165, 1.54) is 127 Å². The second-order valence-corrected chi connectivity index (χ2v) is 11.3. The van der Waals surface area contributed by atoms with Gasteiger partial charge in [0.25, 0.3) is 0 Å². The molecule has 2 heteroatoms. The Kier molecular flexibility index (Phi) is 12.4. The molecule has 2 nitrogen and oxygen atoms in total. The summed E-state index contributed by atoms with van der Waals surface area (Å²) in [5.41, 5.74) is 2.96. The van der Waals surface area contributed by atoms with E-state index in [4.69, 9.17) is 9.47 Å². The second-order valence-electron chi connectivity index (χ2n) is 11.3. The quantitative estimate of drug-likeness (QED) is 0.206. The zero-order valence-corrected chi connectivity index (χ0v) is 22.6. The van der Waals surface area contributed by atoms with Crippen LogP contribution >= 0.6 is 0 Å². The summed E-state index contributed by atoms with van der Waals surface area (Å²) in [6.07, 6.45) is 25.0. The van der Waals surface area contributed by atoms with Crippen molar-refractivity contribution < 1.29 is 9.47 Å². The minimum Gasteiger partial charge on any atom is -0.372 e. The van der Waals surface area contributed by atoms with Crippen LogP contribution in [0.1, 0.15) is 114 Å². The molecule has 0 N–H and O–H groups in total. The summed E-state index contributed by atoms with van der Waals surface area (Å²) in [6.45, 7) is 0. The highest BCUT2D eigenvalue weighted by atomic mass is 16.6. The van der Waals surface area contributed by atoms with E-state index in [1.807, 2.05) is 0 Å². The van der Waals surface area contributed by atoms with Crippen LogP contribution in [0, 0.1) is 0 Å². The van der Waals surface area contributed by atoms with Crippen molar-refractivity contribution in [2.75, 3.05) is 0 Å². The lowest BCUT2D eigenvalue weighted by molar-refractivity contribution is -0.0680. The number of hydrogen-bond acceptors (Lipinski definition) is 2. The topological polar surface area (TPSA) is 18.5 Å². The fourth-order valence-corrected chi connectivity index (χ4v) is 6.19. The lowest BCUT2D eigenvalue weighted by Gasteiger charge is -2.20. The molecule has 4 rings (SSSR count). The van der Waals surface area contributed by atoms with Crippen LogP contribution in [0.15, 0.2) is 60.7 Å². The number of benzene rings is 2. The summed E-state index contributed by atoms with van der Waals surface area (Å²) in [5, 5.41) is 0. The Labute approximate surface area is 221 Å². The molecule has 2 heterocycles. The first-order valence-electron chi connectivity index (χ1n) is 15.3. The molecule has 0 aromatic heterocycles. The van der Waals surface area contributed by atoms with Gasteiger partial charge in [0.2, 0.25) is 0 Å². The van der Waals surface area contributed by atoms with Gasteiger partial charge in [0, 0.05) is 0 Å². The smallest absolute Gasteiger partial charge is 0.0841 e. The SMILES string of the molecule is c1ccc(CCCCCCC[C@H]2CC[C@H]([C@H]3CC[C@H](CCCCCCCc4ccccc4)O3)O2)cc1. The monoisotopic (exact) mass is 490 g/mol. The zero-order chi connectivity index (χ0) is 24.7.